The van der Waals surface area contributed by atoms with Gasteiger partial charge < -0.3 is 19.7 Å². The number of carbonyl (C=O) groups is 2. The van der Waals surface area contributed by atoms with Gasteiger partial charge in [-0.05, 0) is 25.1 Å². The van der Waals surface area contributed by atoms with Crippen LogP contribution < -0.4 is 14.8 Å². The van der Waals surface area contributed by atoms with Crippen molar-refractivity contribution in [2.75, 3.05) is 26.2 Å². The maximum absolute atomic E-state index is 12.5. The molecule has 8 heteroatoms. The Morgan fingerprint density at radius 3 is 2.75 bits per heavy atom. The van der Waals surface area contributed by atoms with Gasteiger partial charge in [0.1, 0.15) is 5.69 Å². The Morgan fingerprint density at radius 2 is 2.04 bits per heavy atom. The van der Waals surface area contributed by atoms with E-state index >= 15 is 0 Å². The van der Waals surface area contributed by atoms with Crippen LogP contribution >= 0.6 is 0 Å². The highest BCUT2D eigenvalue weighted by Crippen LogP contribution is 2.32. The number of ether oxygens (including phenoxy) is 2. The lowest BCUT2D eigenvalue weighted by molar-refractivity contribution is 0.0816. The van der Waals surface area contributed by atoms with Crippen LogP contribution in [0.3, 0.4) is 0 Å². The summed E-state index contributed by atoms with van der Waals surface area (Å²) in [4.78, 5) is 26.3. The van der Waals surface area contributed by atoms with E-state index in [2.05, 4.69) is 10.4 Å². The zero-order valence-corrected chi connectivity index (χ0v) is 13.7. The summed E-state index contributed by atoms with van der Waals surface area (Å²) in [5.41, 5.74) is 1.13. The number of rotatable bonds is 4. The summed E-state index contributed by atoms with van der Waals surface area (Å²) in [7, 11) is 3.30. The Hall–Kier alpha value is -3.03. The van der Waals surface area contributed by atoms with Crippen LogP contribution in [0, 0.1) is 0 Å². The number of nitrogens with zero attached hydrogens (tertiary/aromatic N) is 3. The molecule has 0 atom stereocenters. The minimum absolute atomic E-state index is 0.144. The molecular formula is C16H18N4O4. The van der Waals surface area contributed by atoms with E-state index in [1.54, 1.807) is 37.0 Å². The maximum atomic E-state index is 12.5. The molecule has 0 fully saturated rings. The summed E-state index contributed by atoms with van der Waals surface area (Å²) < 4.78 is 12.1. The second-order valence-electron chi connectivity index (χ2n) is 5.44. The molecule has 0 bridgehead atoms. The van der Waals surface area contributed by atoms with Crippen LogP contribution in [0.15, 0.2) is 24.4 Å². The van der Waals surface area contributed by atoms with E-state index < -0.39 is 0 Å². The minimum atomic E-state index is -0.350. The van der Waals surface area contributed by atoms with E-state index in [1.165, 1.54) is 11.1 Å². The predicted molar refractivity (Wildman–Crippen MR) is 86.4 cm³/mol. The van der Waals surface area contributed by atoms with Gasteiger partial charge in [0.05, 0.1) is 11.9 Å². The average molecular weight is 330 g/mol. The average Bonchev–Trinajstić information content (AvgIpc) is 3.19. The number of hydrogen-bond donors (Lipinski definition) is 1. The number of carbonyl (C=O) groups excluding carboxylic acids is 2. The number of fused-ring (bicyclic) bond motifs is 1. The molecule has 126 valence electrons. The number of amides is 2. The van der Waals surface area contributed by atoms with Gasteiger partial charge in [-0.15, -0.1) is 0 Å². The van der Waals surface area contributed by atoms with Crippen molar-refractivity contribution < 1.29 is 19.1 Å². The topological polar surface area (TPSA) is 85.7 Å². The molecule has 24 heavy (non-hydrogen) atoms. The Balaban J connectivity index is 1.87. The third kappa shape index (κ3) is 2.78. The van der Waals surface area contributed by atoms with Gasteiger partial charge in [-0.2, -0.15) is 5.10 Å². The Kier molecular flexibility index (Phi) is 4.11. The van der Waals surface area contributed by atoms with Crippen LogP contribution in [-0.2, 0) is 6.54 Å². The van der Waals surface area contributed by atoms with Crippen molar-refractivity contribution in [3.05, 3.63) is 35.7 Å². The molecule has 1 aromatic carbocycles. The third-order valence-corrected chi connectivity index (χ3v) is 3.63. The Bertz CT molecular complexity index is 797. The predicted octanol–water partition coefficient (Wildman–Crippen LogP) is 1.59. The molecule has 1 N–H and O–H groups in total. The third-order valence-electron chi connectivity index (χ3n) is 3.63. The normalized spacial score (nSPS) is 12.1. The fraction of sp³-hybridized carbons (Fsp3) is 0.312. The minimum Gasteiger partial charge on any atom is -0.454 e. The lowest BCUT2D eigenvalue weighted by Crippen LogP contribution is -2.26. The van der Waals surface area contributed by atoms with Crippen molar-refractivity contribution in [1.29, 1.82) is 0 Å². The second-order valence-corrected chi connectivity index (χ2v) is 5.44. The standard InChI is InChI=1S/C16H18N4O4/c1-4-20-14(16(22)19(2)3)11(8-17-20)18-15(21)10-5-6-12-13(7-10)24-9-23-12/h5-8H,4,9H2,1-3H3,(H,18,21). The Morgan fingerprint density at radius 1 is 1.29 bits per heavy atom. The number of nitrogens with one attached hydrogen (secondary N) is 1. The van der Waals surface area contributed by atoms with E-state index in [9.17, 15) is 9.59 Å². The smallest absolute Gasteiger partial charge is 0.273 e. The first-order chi connectivity index (χ1) is 11.5. The van der Waals surface area contributed by atoms with Crippen molar-refractivity contribution in [2.45, 2.75) is 13.5 Å². The van der Waals surface area contributed by atoms with Gasteiger partial charge in [-0.25, -0.2) is 0 Å². The molecular weight excluding hydrogens is 312 g/mol. The van der Waals surface area contributed by atoms with Gasteiger partial charge >= 0.3 is 0 Å². The van der Waals surface area contributed by atoms with Crippen molar-refractivity contribution in [3.8, 4) is 11.5 Å². The van der Waals surface area contributed by atoms with Crippen LogP contribution in [0.25, 0.3) is 0 Å². The van der Waals surface area contributed by atoms with Crippen molar-refractivity contribution in [2.24, 2.45) is 0 Å². The Labute approximate surface area is 139 Å². The molecule has 3 rings (SSSR count). The fourth-order valence-electron chi connectivity index (χ4n) is 2.39. The maximum Gasteiger partial charge on any atom is 0.273 e. The summed E-state index contributed by atoms with van der Waals surface area (Å²) in [6.45, 7) is 2.54. The molecule has 2 amide bonds. The zero-order valence-electron chi connectivity index (χ0n) is 13.7. The quantitative estimate of drug-likeness (QED) is 0.920. The molecule has 8 nitrogen and oxygen atoms in total. The van der Waals surface area contributed by atoms with Crippen LogP contribution in [0.2, 0.25) is 0 Å². The summed E-state index contributed by atoms with van der Waals surface area (Å²) in [6, 6.07) is 4.93. The molecule has 2 aromatic rings. The van der Waals surface area contributed by atoms with Gasteiger partial charge in [0.15, 0.2) is 11.5 Å². The highest BCUT2D eigenvalue weighted by molar-refractivity contribution is 6.08. The van der Waals surface area contributed by atoms with Crippen LogP contribution in [0.4, 0.5) is 5.69 Å². The first kappa shape index (κ1) is 15.9. The first-order valence-electron chi connectivity index (χ1n) is 7.49. The van der Waals surface area contributed by atoms with E-state index in [4.69, 9.17) is 9.47 Å². The van der Waals surface area contributed by atoms with Crippen LogP contribution in [-0.4, -0.2) is 47.4 Å². The largest absolute Gasteiger partial charge is 0.454 e. The molecule has 0 saturated heterocycles. The number of aryl methyl sites for hydroxylation is 1. The summed E-state index contributed by atoms with van der Waals surface area (Å²) in [5.74, 6) is 0.553. The zero-order chi connectivity index (χ0) is 17.3. The number of aromatic nitrogens is 2. The highest BCUT2D eigenvalue weighted by Gasteiger charge is 2.22. The van der Waals surface area contributed by atoms with E-state index in [1.807, 2.05) is 6.92 Å². The molecule has 0 saturated carbocycles. The number of benzene rings is 1. The van der Waals surface area contributed by atoms with Gasteiger partial charge in [0, 0.05) is 26.2 Å². The second kappa shape index (κ2) is 6.23. The van der Waals surface area contributed by atoms with Gasteiger partial charge in [-0.1, -0.05) is 0 Å². The molecule has 2 heterocycles. The van der Waals surface area contributed by atoms with Crippen LogP contribution in [0.5, 0.6) is 11.5 Å². The molecule has 0 spiro atoms. The van der Waals surface area contributed by atoms with E-state index in [0.29, 0.717) is 35.0 Å². The van der Waals surface area contributed by atoms with Gasteiger partial charge in [0.2, 0.25) is 6.79 Å². The van der Waals surface area contributed by atoms with Crippen LogP contribution in [0.1, 0.15) is 27.8 Å². The molecule has 0 unspecified atom stereocenters. The monoisotopic (exact) mass is 330 g/mol. The molecule has 0 aliphatic carbocycles. The summed E-state index contributed by atoms with van der Waals surface area (Å²) in [6.07, 6.45) is 1.48. The summed E-state index contributed by atoms with van der Waals surface area (Å²) in [5, 5.41) is 6.89. The van der Waals surface area contributed by atoms with Gasteiger partial charge in [-0.3, -0.25) is 14.3 Å². The van der Waals surface area contributed by atoms with E-state index in [0.717, 1.165) is 0 Å². The van der Waals surface area contributed by atoms with Crippen molar-refractivity contribution >= 4 is 17.5 Å². The van der Waals surface area contributed by atoms with E-state index in [-0.39, 0.29) is 18.6 Å². The first-order valence-corrected chi connectivity index (χ1v) is 7.49. The lowest BCUT2D eigenvalue weighted by Gasteiger charge is -2.13. The SMILES string of the molecule is CCn1ncc(NC(=O)c2ccc3c(c2)OCO3)c1C(=O)N(C)C. The van der Waals surface area contributed by atoms with Crippen molar-refractivity contribution in [3.63, 3.8) is 0 Å². The summed E-state index contributed by atoms with van der Waals surface area (Å²) >= 11 is 0. The molecule has 1 aliphatic rings. The number of hydrogen-bond acceptors (Lipinski definition) is 5. The van der Waals surface area contributed by atoms with Crippen molar-refractivity contribution in [1.82, 2.24) is 14.7 Å². The molecule has 1 aliphatic heterocycles. The van der Waals surface area contributed by atoms with Gasteiger partial charge in [0.25, 0.3) is 11.8 Å². The molecule has 0 radical (unpaired) electrons. The lowest BCUT2D eigenvalue weighted by atomic mass is 10.2. The number of anilines is 1. The molecule has 1 aromatic heterocycles. The fourth-order valence-corrected chi connectivity index (χ4v) is 2.39. The highest BCUT2D eigenvalue weighted by atomic mass is 16.7.